The minimum absolute atomic E-state index is 0.112. The first-order valence-electron chi connectivity index (χ1n) is 11.6. The average molecular weight is 447 g/mol. The topological polar surface area (TPSA) is 97.1 Å². The smallest absolute Gasteiger partial charge is 0.251 e. The van der Waals surface area contributed by atoms with E-state index >= 15 is 0 Å². The van der Waals surface area contributed by atoms with E-state index in [9.17, 15) is 9.59 Å². The molecule has 0 aliphatic heterocycles. The summed E-state index contributed by atoms with van der Waals surface area (Å²) in [6.07, 6.45) is 5.86. The highest BCUT2D eigenvalue weighted by Crippen LogP contribution is 2.35. The molecule has 1 aliphatic rings. The van der Waals surface area contributed by atoms with E-state index in [2.05, 4.69) is 20.8 Å². The van der Waals surface area contributed by atoms with Crippen LogP contribution in [0.3, 0.4) is 0 Å². The zero-order valence-corrected chi connectivity index (χ0v) is 18.9. The monoisotopic (exact) mass is 446 g/mol. The van der Waals surface area contributed by atoms with Gasteiger partial charge in [0, 0.05) is 12.5 Å². The number of nitrogens with one attached hydrogen (secondary N) is 2. The Morgan fingerprint density at radius 2 is 1.61 bits per heavy atom. The van der Waals surface area contributed by atoms with E-state index in [4.69, 9.17) is 4.52 Å². The van der Waals surface area contributed by atoms with E-state index in [1.165, 1.54) is 0 Å². The molecule has 1 aliphatic carbocycles. The quantitative estimate of drug-likeness (QED) is 0.517. The van der Waals surface area contributed by atoms with Crippen molar-refractivity contribution in [2.75, 3.05) is 0 Å². The van der Waals surface area contributed by atoms with Gasteiger partial charge in [-0.2, -0.15) is 4.98 Å². The molecular weight excluding hydrogens is 416 g/mol. The highest BCUT2D eigenvalue weighted by molar-refractivity contribution is 5.94. The van der Waals surface area contributed by atoms with Crippen molar-refractivity contribution in [1.29, 1.82) is 0 Å². The first-order chi connectivity index (χ1) is 16.1. The standard InChI is InChI=1S/C26H30N4O3/c1-19-27-25(30-33-19)26(16-10-2-3-11-17-26)29-23(31)18-22(20-12-6-4-7-13-20)28-24(32)21-14-8-5-9-15-21/h4-9,12-15,22H,2-3,10-11,16-18H2,1H3,(H,28,32)(H,29,31). The van der Waals surface area contributed by atoms with E-state index < -0.39 is 11.6 Å². The average Bonchev–Trinajstić information content (AvgIpc) is 3.15. The van der Waals surface area contributed by atoms with Crippen LogP contribution < -0.4 is 10.6 Å². The van der Waals surface area contributed by atoms with Gasteiger partial charge in [0.25, 0.3) is 5.91 Å². The minimum atomic E-state index is -0.643. The number of hydrogen-bond acceptors (Lipinski definition) is 5. The molecule has 0 bridgehead atoms. The summed E-state index contributed by atoms with van der Waals surface area (Å²) < 4.78 is 5.25. The molecule has 0 radical (unpaired) electrons. The predicted octanol–water partition coefficient (Wildman–Crippen LogP) is 4.61. The van der Waals surface area contributed by atoms with Crippen LogP contribution >= 0.6 is 0 Å². The van der Waals surface area contributed by atoms with Crippen molar-refractivity contribution in [3.05, 3.63) is 83.5 Å². The Morgan fingerprint density at radius 3 is 2.21 bits per heavy atom. The molecule has 0 saturated heterocycles. The predicted molar refractivity (Wildman–Crippen MR) is 124 cm³/mol. The molecule has 172 valence electrons. The summed E-state index contributed by atoms with van der Waals surface area (Å²) in [5, 5.41) is 10.4. The van der Waals surface area contributed by atoms with Crippen LogP contribution in [0.1, 0.15) is 78.6 Å². The molecule has 0 spiro atoms. The lowest BCUT2D eigenvalue weighted by Crippen LogP contribution is -2.47. The number of rotatable bonds is 7. The second kappa shape index (κ2) is 10.4. The Bertz CT molecular complexity index is 1060. The van der Waals surface area contributed by atoms with Crippen LogP contribution in [0.4, 0.5) is 0 Å². The molecule has 1 heterocycles. The fourth-order valence-electron chi connectivity index (χ4n) is 4.50. The maximum absolute atomic E-state index is 13.4. The van der Waals surface area contributed by atoms with Gasteiger partial charge in [-0.3, -0.25) is 9.59 Å². The molecule has 2 N–H and O–H groups in total. The van der Waals surface area contributed by atoms with Crippen molar-refractivity contribution in [3.8, 4) is 0 Å². The van der Waals surface area contributed by atoms with Gasteiger partial charge in [-0.1, -0.05) is 79.4 Å². The van der Waals surface area contributed by atoms with E-state index in [-0.39, 0.29) is 18.2 Å². The zero-order valence-electron chi connectivity index (χ0n) is 18.9. The number of hydrogen-bond donors (Lipinski definition) is 2. The van der Waals surface area contributed by atoms with Crippen LogP contribution in [0.5, 0.6) is 0 Å². The highest BCUT2D eigenvalue weighted by Gasteiger charge is 2.39. The Balaban J connectivity index is 1.54. The lowest BCUT2D eigenvalue weighted by atomic mass is 9.88. The summed E-state index contributed by atoms with van der Waals surface area (Å²) >= 11 is 0. The molecule has 1 saturated carbocycles. The molecule has 1 unspecified atom stereocenters. The van der Waals surface area contributed by atoms with Gasteiger partial charge in [0.1, 0.15) is 5.54 Å². The number of carbonyl (C=O) groups excluding carboxylic acids is 2. The van der Waals surface area contributed by atoms with Crippen LogP contribution in [0.15, 0.2) is 65.2 Å². The summed E-state index contributed by atoms with van der Waals surface area (Å²) in [4.78, 5) is 30.7. The minimum Gasteiger partial charge on any atom is -0.345 e. The van der Waals surface area contributed by atoms with Crippen LogP contribution in [0.25, 0.3) is 0 Å². The van der Waals surface area contributed by atoms with Crippen molar-refractivity contribution in [3.63, 3.8) is 0 Å². The normalized spacial score (nSPS) is 16.4. The summed E-state index contributed by atoms with van der Waals surface area (Å²) in [5.41, 5.74) is 0.791. The zero-order chi connectivity index (χ0) is 23.1. The van der Waals surface area contributed by atoms with Crippen LogP contribution in [0, 0.1) is 6.92 Å². The molecule has 33 heavy (non-hydrogen) atoms. The van der Waals surface area contributed by atoms with Gasteiger partial charge in [0.2, 0.25) is 11.8 Å². The van der Waals surface area contributed by atoms with E-state index in [1.807, 2.05) is 48.5 Å². The van der Waals surface area contributed by atoms with Gasteiger partial charge in [-0.15, -0.1) is 0 Å². The van der Waals surface area contributed by atoms with Crippen LogP contribution in [0.2, 0.25) is 0 Å². The van der Waals surface area contributed by atoms with E-state index in [0.29, 0.717) is 17.3 Å². The summed E-state index contributed by atoms with van der Waals surface area (Å²) in [5.74, 6) is 0.664. The van der Waals surface area contributed by atoms with Crippen molar-refractivity contribution >= 4 is 11.8 Å². The van der Waals surface area contributed by atoms with Gasteiger partial charge in [0.15, 0.2) is 5.82 Å². The molecule has 4 rings (SSSR count). The Hall–Kier alpha value is -3.48. The van der Waals surface area contributed by atoms with Gasteiger partial charge < -0.3 is 15.2 Å². The summed E-state index contributed by atoms with van der Waals surface area (Å²) in [6, 6.07) is 18.1. The molecule has 7 heteroatoms. The maximum Gasteiger partial charge on any atom is 0.251 e. The second-order valence-electron chi connectivity index (χ2n) is 8.69. The van der Waals surface area contributed by atoms with Gasteiger partial charge in [-0.05, 0) is 30.5 Å². The molecule has 2 aromatic carbocycles. The van der Waals surface area contributed by atoms with Crippen molar-refractivity contribution in [2.24, 2.45) is 0 Å². The summed E-state index contributed by atoms with van der Waals surface area (Å²) in [6.45, 7) is 1.76. The van der Waals surface area contributed by atoms with Crippen molar-refractivity contribution < 1.29 is 14.1 Å². The van der Waals surface area contributed by atoms with Gasteiger partial charge in [0.05, 0.1) is 12.5 Å². The number of aryl methyl sites for hydroxylation is 1. The number of benzene rings is 2. The maximum atomic E-state index is 13.4. The molecule has 1 atom stereocenters. The lowest BCUT2D eigenvalue weighted by molar-refractivity contribution is -0.124. The number of amides is 2. The number of nitrogens with zero attached hydrogens (tertiary/aromatic N) is 2. The third-order valence-corrected chi connectivity index (χ3v) is 6.22. The van der Waals surface area contributed by atoms with Crippen LogP contribution in [-0.4, -0.2) is 22.0 Å². The number of aromatic nitrogens is 2. The molecule has 1 fully saturated rings. The Kier molecular flexibility index (Phi) is 7.17. The van der Waals surface area contributed by atoms with Crippen LogP contribution in [-0.2, 0) is 10.3 Å². The Labute approximate surface area is 194 Å². The van der Waals surface area contributed by atoms with Crippen molar-refractivity contribution in [1.82, 2.24) is 20.8 Å². The first-order valence-corrected chi connectivity index (χ1v) is 11.6. The molecule has 7 nitrogen and oxygen atoms in total. The Morgan fingerprint density at radius 1 is 0.970 bits per heavy atom. The second-order valence-corrected chi connectivity index (χ2v) is 8.69. The SMILES string of the molecule is Cc1nc(C2(NC(=O)CC(NC(=O)c3ccccc3)c3ccccc3)CCCCCC2)no1. The van der Waals surface area contributed by atoms with E-state index in [0.717, 1.165) is 44.1 Å². The first kappa shape index (κ1) is 22.7. The van der Waals surface area contributed by atoms with Crippen molar-refractivity contribution in [2.45, 2.75) is 63.5 Å². The third-order valence-electron chi connectivity index (χ3n) is 6.22. The fraction of sp³-hybridized carbons (Fsp3) is 0.385. The van der Waals surface area contributed by atoms with E-state index in [1.54, 1.807) is 19.1 Å². The molecule has 2 amide bonds. The molecular formula is C26H30N4O3. The number of carbonyl (C=O) groups is 2. The highest BCUT2D eigenvalue weighted by atomic mass is 16.5. The largest absolute Gasteiger partial charge is 0.345 e. The fourth-order valence-corrected chi connectivity index (χ4v) is 4.50. The summed E-state index contributed by atoms with van der Waals surface area (Å²) in [7, 11) is 0. The molecule has 1 aromatic heterocycles. The van der Waals surface area contributed by atoms with Gasteiger partial charge in [-0.25, -0.2) is 0 Å². The molecule has 3 aromatic rings. The third kappa shape index (κ3) is 5.66. The lowest BCUT2D eigenvalue weighted by Gasteiger charge is -2.31. The van der Waals surface area contributed by atoms with Gasteiger partial charge >= 0.3 is 0 Å².